The molecule has 1 atom stereocenters. The number of rotatable bonds is 4. The van der Waals surface area contributed by atoms with Crippen LogP contribution in [-0.2, 0) is 9.84 Å². The van der Waals surface area contributed by atoms with E-state index < -0.39 is 20.9 Å². The highest BCUT2D eigenvalue weighted by Crippen LogP contribution is 2.28. The largest absolute Gasteiger partial charge is 0.356 e. The first-order valence-corrected chi connectivity index (χ1v) is 7.85. The minimum atomic E-state index is -3.57. The first-order valence-electron chi connectivity index (χ1n) is 6.30. The molecule has 0 unspecified atom stereocenters. The van der Waals surface area contributed by atoms with E-state index in [-0.39, 0.29) is 11.4 Å². The van der Waals surface area contributed by atoms with Gasteiger partial charge < -0.3 is 5.73 Å². The zero-order valence-electron chi connectivity index (χ0n) is 11.2. The van der Waals surface area contributed by atoms with Gasteiger partial charge in [0, 0.05) is 0 Å². The molecule has 0 spiro atoms. The molecule has 0 saturated carbocycles. The number of hydrogen-bond donors (Lipinski definition) is 1. The average molecular weight is 294 g/mol. The van der Waals surface area contributed by atoms with E-state index in [9.17, 15) is 12.8 Å². The first-order chi connectivity index (χ1) is 9.45. The van der Waals surface area contributed by atoms with E-state index in [0.29, 0.717) is 5.56 Å². The zero-order valence-corrected chi connectivity index (χ0v) is 12.0. The summed E-state index contributed by atoms with van der Waals surface area (Å²) in [7, 11) is -3.57. The van der Waals surface area contributed by atoms with Crippen molar-refractivity contribution in [3.8, 4) is 0 Å². The van der Waals surface area contributed by atoms with Crippen LogP contribution in [-0.4, -0.2) is 15.0 Å². The molecule has 2 aromatic carbocycles. The number of halogens is 1. The lowest BCUT2D eigenvalue weighted by molar-refractivity contribution is -0.367. The van der Waals surface area contributed by atoms with Gasteiger partial charge in [-0.25, -0.2) is 12.8 Å². The number of benzene rings is 2. The Kier molecular flexibility index (Phi) is 4.20. The van der Waals surface area contributed by atoms with Crippen molar-refractivity contribution in [1.82, 2.24) is 0 Å². The van der Waals surface area contributed by atoms with Crippen LogP contribution in [0.1, 0.15) is 16.4 Å². The molecule has 3 nitrogen and oxygen atoms in total. The monoisotopic (exact) mass is 294 g/mol. The Hall–Kier alpha value is -1.72. The molecule has 0 aliphatic heterocycles. The summed E-state index contributed by atoms with van der Waals surface area (Å²) in [4.78, 5) is 0.119. The Morgan fingerprint density at radius 3 is 2.35 bits per heavy atom. The van der Waals surface area contributed by atoms with Crippen LogP contribution in [0.5, 0.6) is 0 Å². The Morgan fingerprint density at radius 2 is 1.80 bits per heavy atom. The third kappa shape index (κ3) is 2.89. The Labute approximate surface area is 118 Å². The molecule has 0 aliphatic carbocycles. The van der Waals surface area contributed by atoms with Crippen molar-refractivity contribution in [3.63, 3.8) is 0 Å². The molecule has 0 heterocycles. The lowest BCUT2D eigenvalue weighted by atomic mass is 10.1. The van der Waals surface area contributed by atoms with Crippen LogP contribution in [0.15, 0.2) is 53.4 Å². The summed E-state index contributed by atoms with van der Waals surface area (Å²) in [5, 5.41) is -0.715. The molecule has 5 heteroatoms. The molecular weight excluding hydrogens is 277 g/mol. The van der Waals surface area contributed by atoms with Crippen LogP contribution in [0.3, 0.4) is 0 Å². The maximum absolute atomic E-state index is 12.9. The fraction of sp³-hybridized carbons (Fsp3) is 0.200. The van der Waals surface area contributed by atoms with Gasteiger partial charge in [0.25, 0.3) is 0 Å². The Bertz CT molecular complexity index is 696. The lowest BCUT2D eigenvalue weighted by Crippen LogP contribution is -2.54. The van der Waals surface area contributed by atoms with Crippen LogP contribution in [0.2, 0.25) is 0 Å². The van der Waals surface area contributed by atoms with Crippen molar-refractivity contribution in [3.05, 3.63) is 65.5 Å². The number of hydrogen-bond acceptors (Lipinski definition) is 2. The smallest absolute Gasteiger partial charge is 0.190 e. The van der Waals surface area contributed by atoms with E-state index >= 15 is 0 Å². The maximum Gasteiger partial charge on any atom is 0.190 e. The van der Waals surface area contributed by atoms with Gasteiger partial charge >= 0.3 is 0 Å². The minimum Gasteiger partial charge on any atom is -0.356 e. The third-order valence-corrected chi connectivity index (χ3v) is 5.38. The van der Waals surface area contributed by atoms with Gasteiger partial charge in [0.05, 0.1) is 11.4 Å². The molecule has 0 aliphatic rings. The van der Waals surface area contributed by atoms with E-state index in [1.165, 1.54) is 12.1 Å². The summed E-state index contributed by atoms with van der Waals surface area (Å²) in [6, 6.07) is 12.3. The molecule has 0 radical (unpaired) electrons. The molecule has 106 valence electrons. The Balaban J connectivity index is 2.47. The predicted molar refractivity (Wildman–Crippen MR) is 75.3 cm³/mol. The SMILES string of the molecule is Cc1cccc([C@@H](C[NH3+])S(=O)(=O)c2ccc(F)cc2)c1. The highest BCUT2D eigenvalue weighted by Gasteiger charge is 2.29. The van der Waals surface area contributed by atoms with Crippen molar-refractivity contribution in [1.29, 1.82) is 0 Å². The average Bonchev–Trinajstić information content (AvgIpc) is 2.40. The molecule has 3 N–H and O–H groups in total. The molecular formula is C15H17FNO2S+. The van der Waals surface area contributed by atoms with E-state index in [2.05, 4.69) is 5.73 Å². The normalized spacial score (nSPS) is 13.2. The van der Waals surface area contributed by atoms with E-state index in [1.807, 2.05) is 25.1 Å². The summed E-state index contributed by atoms with van der Waals surface area (Å²) in [5.74, 6) is -0.453. The van der Waals surface area contributed by atoms with Gasteiger partial charge in [0.2, 0.25) is 0 Å². The molecule has 20 heavy (non-hydrogen) atoms. The highest BCUT2D eigenvalue weighted by atomic mass is 32.2. The van der Waals surface area contributed by atoms with Crippen LogP contribution >= 0.6 is 0 Å². The summed E-state index contributed by atoms with van der Waals surface area (Å²) in [5.41, 5.74) is 5.46. The van der Waals surface area contributed by atoms with Gasteiger partial charge in [-0.1, -0.05) is 29.8 Å². The summed E-state index contributed by atoms with van der Waals surface area (Å²) in [6.45, 7) is 2.14. The van der Waals surface area contributed by atoms with Crippen LogP contribution in [0.25, 0.3) is 0 Å². The van der Waals surface area contributed by atoms with Gasteiger partial charge in [-0.3, -0.25) is 0 Å². The quantitative estimate of drug-likeness (QED) is 0.875. The number of aryl methyl sites for hydroxylation is 1. The predicted octanol–water partition coefficient (Wildman–Crippen LogP) is 1.89. The third-order valence-electron chi connectivity index (χ3n) is 3.19. The molecule has 0 fully saturated rings. The number of quaternary nitrogens is 1. The van der Waals surface area contributed by atoms with Crippen molar-refractivity contribution in [2.75, 3.05) is 6.54 Å². The van der Waals surface area contributed by atoms with Crippen LogP contribution in [0, 0.1) is 12.7 Å². The Morgan fingerprint density at radius 1 is 1.15 bits per heavy atom. The molecule has 2 aromatic rings. The topological polar surface area (TPSA) is 61.8 Å². The zero-order chi connectivity index (χ0) is 14.8. The standard InChI is InChI=1S/C15H16FNO2S/c1-11-3-2-4-12(9-11)15(10-17)20(18,19)14-7-5-13(16)6-8-14/h2-9,15H,10,17H2,1H3/p+1/t15-/m1/s1. The van der Waals surface area contributed by atoms with E-state index in [1.54, 1.807) is 6.07 Å². The van der Waals surface area contributed by atoms with Gasteiger partial charge in [-0.15, -0.1) is 0 Å². The minimum absolute atomic E-state index is 0.119. The van der Waals surface area contributed by atoms with E-state index in [4.69, 9.17) is 0 Å². The van der Waals surface area contributed by atoms with Gasteiger partial charge in [-0.2, -0.15) is 0 Å². The van der Waals surface area contributed by atoms with Gasteiger partial charge in [0.1, 0.15) is 11.1 Å². The molecule has 2 rings (SSSR count). The van der Waals surface area contributed by atoms with Crippen LogP contribution in [0.4, 0.5) is 4.39 Å². The second-order valence-corrected chi connectivity index (χ2v) is 6.82. The number of sulfone groups is 1. The highest BCUT2D eigenvalue weighted by molar-refractivity contribution is 7.91. The van der Waals surface area contributed by atoms with Crippen molar-refractivity contribution in [2.45, 2.75) is 17.1 Å². The summed E-state index contributed by atoms with van der Waals surface area (Å²) < 4.78 is 38.2. The molecule has 0 aromatic heterocycles. The fourth-order valence-electron chi connectivity index (χ4n) is 2.16. The lowest BCUT2D eigenvalue weighted by Gasteiger charge is -2.15. The summed E-state index contributed by atoms with van der Waals surface area (Å²) in [6.07, 6.45) is 0. The fourth-order valence-corrected chi connectivity index (χ4v) is 3.82. The molecule has 0 bridgehead atoms. The van der Waals surface area contributed by atoms with Crippen molar-refractivity contribution in [2.24, 2.45) is 0 Å². The second-order valence-electron chi connectivity index (χ2n) is 4.69. The molecule has 0 amide bonds. The van der Waals surface area contributed by atoms with E-state index in [0.717, 1.165) is 17.7 Å². The summed E-state index contributed by atoms with van der Waals surface area (Å²) >= 11 is 0. The first kappa shape index (κ1) is 14.7. The van der Waals surface area contributed by atoms with Gasteiger partial charge in [-0.05, 0) is 36.8 Å². The van der Waals surface area contributed by atoms with Gasteiger partial charge in [0.15, 0.2) is 9.84 Å². The molecule has 0 saturated heterocycles. The van der Waals surface area contributed by atoms with Crippen LogP contribution < -0.4 is 5.73 Å². The van der Waals surface area contributed by atoms with Crippen molar-refractivity contribution >= 4 is 9.84 Å². The second kappa shape index (κ2) is 5.73. The maximum atomic E-state index is 12.9. The van der Waals surface area contributed by atoms with Crippen molar-refractivity contribution < 1.29 is 18.5 Å².